The van der Waals surface area contributed by atoms with E-state index in [4.69, 9.17) is 4.74 Å². The fourth-order valence-electron chi connectivity index (χ4n) is 1.59. The third-order valence-electron chi connectivity index (χ3n) is 3.23. The zero-order valence-electron chi connectivity index (χ0n) is 9.20. The lowest BCUT2D eigenvalue weighted by Crippen LogP contribution is -2.49. The van der Waals surface area contributed by atoms with E-state index >= 15 is 0 Å². The van der Waals surface area contributed by atoms with E-state index in [-0.39, 0.29) is 11.5 Å². The second kappa shape index (κ2) is 2.93. The van der Waals surface area contributed by atoms with Crippen LogP contribution in [0.5, 0.6) is 0 Å². The van der Waals surface area contributed by atoms with Gasteiger partial charge in [0.2, 0.25) is 0 Å². The van der Waals surface area contributed by atoms with Crippen LogP contribution >= 0.6 is 0 Å². The van der Waals surface area contributed by atoms with Gasteiger partial charge in [-0.25, -0.2) is 4.79 Å². The largest absolute Gasteiger partial charge is 0.439 e. The lowest BCUT2D eigenvalue weighted by molar-refractivity contribution is -0.0364. The minimum atomic E-state index is -0.683. The van der Waals surface area contributed by atoms with Crippen LogP contribution in [0.4, 0.5) is 4.79 Å². The number of hydrogen-bond donors (Lipinski definition) is 0. The molecule has 14 heavy (non-hydrogen) atoms. The van der Waals surface area contributed by atoms with E-state index in [0.29, 0.717) is 0 Å². The zero-order chi connectivity index (χ0) is 11.1. The van der Waals surface area contributed by atoms with E-state index in [1.54, 1.807) is 6.92 Å². The Kier molecular flexibility index (Phi) is 2.29. The van der Waals surface area contributed by atoms with Crippen molar-refractivity contribution in [3.63, 3.8) is 0 Å². The van der Waals surface area contributed by atoms with Crippen LogP contribution in [-0.4, -0.2) is 22.7 Å². The number of amides is 1. The molecule has 5 heteroatoms. The lowest BCUT2D eigenvalue weighted by Gasteiger charge is -2.39. The molecule has 2 atom stereocenters. The molecule has 1 saturated heterocycles. The summed E-state index contributed by atoms with van der Waals surface area (Å²) in [6.07, 6.45) is -0.662. The summed E-state index contributed by atoms with van der Waals surface area (Å²) >= 11 is 0. The molecular formula is C9H16N2O3. The first kappa shape index (κ1) is 10.9. The van der Waals surface area contributed by atoms with E-state index in [1.807, 2.05) is 27.7 Å². The molecule has 5 nitrogen and oxygen atoms in total. The molecular weight excluding hydrogens is 184 g/mol. The first-order valence-corrected chi connectivity index (χ1v) is 4.59. The smallest absolute Gasteiger partial charge is 0.434 e. The van der Waals surface area contributed by atoms with E-state index in [2.05, 4.69) is 5.29 Å². The van der Waals surface area contributed by atoms with Gasteiger partial charge in [0, 0.05) is 5.41 Å². The predicted octanol–water partition coefficient (Wildman–Crippen LogP) is 2.31. The van der Waals surface area contributed by atoms with Crippen molar-refractivity contribution in [3.05, 3.63) is 4.91 Å². The number of hydrogen-bond acceptors (Lipinski definition) is 4. The van der Waals surface area contributed by atoms with Gasteiger partial charge in [0.15, 0.2) is 0 Å². The van der Waals surface area contributed by atoms with E-state index in [1.165, 1.54) is 0 Å². The zero-order valence-corrected chi connectivity index (χ0v) is 9.20. The number of rotatable bonds is 1. The lowest BCUT2D eigenvalue weighted by atomic mass is 9.74. The Labute approximate surface area is 83.4 Å². The van der Waals surface area contributed by atoms with Crippen molar-refractivity contribution >= 4 is 6.09 Å². The van der Waals surface area contributed by atoms with Crippen molar-refractivity contribution in [1.82, 2.24) is 5.01 Å². The molecule has 0 spiro atoms. The third kappa shape index (κ3) is 1.27. The normalized spacial score (nSPS) is 33.1. The van der Waals surface area contributed by atoms with E-state index in [0.717, 1.165) is 5.01 Å². The molecule has 1 aliphatic rings. The first-order valence-electron chi connectivity index (χ1n) is 4.59. The van der Waals surface area contributed by atoms with E-state index < -0.39 is 11.7 Å². The number of ether oxygens (including phenoxy) is 1. The fraction of sp³-hybridized carbons (Fsp3) is 0.889. The van der Waals surface area contributed by atoms with Gasteiger partial charge in [-0.3, -0.25) is 0 Å². The summed E-state index contributed by atoms with van der Waals surface area (Å²) in [5.41, 5.74) is -0.917. The van der Waals surface area contributed by atoms with Gasteiger partial charge in [-0.2, -0.15) is 5.01 Å². The number of carbonyl (C=O) groups is 1. The Balaban J connectivity index is 3.06. The van der Waals surface area contributed by atoms with Crippen LogP contribution in [0.15, 0.2) is 5.29 Å². The molecule has 0 N–H and O–H groups in total. The SMILES string of the molecule is C[C@@H]1N(N=O)C(=O)O[C@]1(C)C(C)(C)C. The van der Waals surface area contributed by atoms with Crippen molar-refractivity contribution in [2.75, 3.05) is 0 Å². The number of cyclic esters (lactones) is 1. The quantitative estimate of drug-likeness (QED) is 0.610. The molecule has 1 heterocycles. The Bertz CT molecular complexity index is 272. The minimum Gasteiger partial charge on any atom is -0.439 e. The van der Waals surface area contributed by atoms with Gasteiger partial charge in [-0.05, 0) is 13.8 Å². The maximum Gasteiger partial charge on any atom is 0.434 e. The summed E-state index contributed by atoms with van der Waals surface area (Å²) in [5, 5.41) is 3.52. The van der Waals surface area contributed by atoms with Crippen LogP contribution in [0.25, 0.3) is 0 Å². The molecule has 80 valence electrons. The number of carbonyl (C=O) groups excluding carboxylic acids is 1. The molecule has 0 aliphatic carbocycles. The topological polar surface area (TPSA) is 59.0 Å². The molecule has 0 aromatic carbocycles. The van der Waals surface area contributed by atoms with Crippen LogP contribution in [0.1, 0.15) is 34.6 Å². The third-order valence-corrected chi connectivity index (χ3v) is 3.23. The van der Waals surface area contributed by atoms with Crippen LogP contribution in [0.2, 0.25) is 0 Å². The number of nitroso groups, excluding NO2 is 1. The number of nitrogens with zero attached hydrogens (tertiary/aromatic N) is 2. The summed E-state index contributed by atoms with van der Waals surface area (Å²) < 4.78 is 5.22. The van der Waals surface area contributed by atoms with Crippen molar-refractivity contribution in [2.24, 2.45) is 10.7 Å². The van der Waals surface area contributed by atoms with Gasteiger partial charge in [-0.1, -0.05) is 20.8 Å². The molecule has 0 bridgehead atoms. The molecule has 0 saturated carbocycles. The van der Waals surface area contributed by atoms with Crippen LogP contribution in [0, 0.1) is 10.3 Å². The summed E-state index contributed by atoms with van der Waals surface area (Å²) in [6.45, 7) is 9.47. The maximum atomic E-state index is 11.3. The highest BCUT2D eigenvalue weighted by molar-refractivity contribution is 5.71. The van der Waals surface area contributed by atoms with Gasteiger partial charge >= 0.3 is 6.09 Å². The van der Waals surface area contributed by atoms with Crippen molar-refractivity contribution in [1.29, 1.82) is 0 Å². The van der Waals surface area contributed by atoms with Gasteiger partial charge < -0.3 is 4.74 Å². The van der Waals surface area contributed by atoms with Crippen LogP contribution < -0.4 is 0 Å². The average Bonchev–Trinajstić information content (AvgIpc) is 2.23. The maximum absolute atomic E-state index is 11.3. The van der Waals surface area contributed by atoms with Crippen LogP contribution in [-0.2, 0) is 4.74 Å². The van der Waals surface area contributed by atoms with Crippen molar-refractivity contribution in [2.45, 2.75) is 46.3 Å². The van der Waals surface area contributed by atoms with Gasteiger partial charge in [0.05, 0.1) is 11.3 Å². The molecule has 1 amide bonds. The minimum absolute atomic E-state index is 0.235. The van der Waals surface area contributed by atoms with Crippen molar-refractivity contribution < 1.29 is 9.53 Å². The molecule has 1 rings (SSSR count). The average molecular weight is 200 g/mol. The Morgan fingerprint density at radius 3 is 2.21 bits per heavy atom. The standard InChI is InChI=1S/C9H16N2O3/c1-6-9(5,8(2,3)4)14-7(12)11(6)10-13/h6H,1-5H3/t6-,9-/m0/s1. The first-order chi connectivity index (χ1) is 6.24. The summed E-state index contributed by atoms with van der Waals surface area (Å²) in [5.74, 6) is 0. The predicted molar refractivity (Wildman–Crippen MR) is 51.4 cm³/mol. The molecule has 0 radical (unpaired) electrons. The van der Waals surface area contributed by atoms with Gasteiger partial charge in [-0.15, -0.1) is 4.91 Å². The molecule has 1 aliphatic heterocycles. The molecule has 1 fully saturated rings. The van der Waals surface area contributed by atoms with E-state index in [9.17, 15) is 9.70 Å². The highest BCUT2D eigenvalue weighted by atomic mass is 16.6. The molecule has 0 aromatic rings. The highest BCUT2D eigenvalue weighted by Gasteiger charge is 2.56. The monoisotopic (exact) mass is 200 g/mol. The Morgan fingerprint density at radius 1 is 1.50 bits per heavy atom. The van der Waals surface area contributed by atoms with Gasteiger partial charge in [0.1, 0.15) is 5.60 Å². The molecule has 0 unspecified atom stereocenters. The summed E-state index contributed by atoms with van der Waals surface area (Å²) in [6, 6.07) is -0.340. The second-order valence-corrected chi connectivity index (χ2v) is 4.83. The van der Waals surface area contributed by atoms with Gasteiger partial charge in [0.25, 0.3) is 0 Å². The van der Waals surface area contributed by atoms with Crippen LogP contribution in [0.3, 0.4) is 0 Å². The van der Waals surface area contributed by atoms with Crippen molar-refractivity contribution in [3.8, 4) is 0 Å². The second-order valence-electron chi connectivity index (χ2n) is 4.83. The summed E-state index contributed by atoms with van der Waals surface area (Å²) in [4.78, 5) is 21.7. The Morgan fingerprint density at radius 2 is 2.00 bits per heavy atom. The summed E-state index contributed by atoms with van der Waals surface area (Å²) in [7, 11) is 0. The Hall–Kier alpha value is -1.13. The fourth-order valence-corrected chi connectivity index (χ4v) is 1.59. The molecule has 0 aromatic heterocycles. The highest BCUT2D eigenvalue weighted by Crippen LogP contribution is 2.43.